The van der Waals surface area contributed by atoms with Crippen LogP contribution in [0, 0.1) is 12.7 Å². The Labute approximate surface area is 183 Å². The van der Waals surface area contributed by atoms with Crippen molar-refractivity contribution in [2.45, 2.75) is 6.92 Å². The van der Waals surface area contributed by atoms with E-state index < -0.39 is 5.82 Å². The zero-order valence-corrected chi connectivity index (χ0v) is 17.5. The number of pyridine rings is 1. The van der Waals surface area contributed by atoms with Crippen molar-refractivity contribution >= 4 is 46.0 Å². The highest BCUT2D eigenvalue weighted by atomic mass is 35.5. The Morgan fingerprint density at radius 1 is 1.00 bits per heavy atom. The molecule has 0 saturated heterocycles. The first-order valence-corrected chi connectivity index (χ1v) is 10.0. The standard InChI is InChI=1S/C25H16Cl2FNO/c1-15-24(23(30)12-8-16-7-10-19(28)14-21(16)27)25(17-5-3-2-4-6-17)20-13-18(26)9-11-22(20)29-15/h2-14H,1H3/b12-8+. The summed E-state index contributed by atoms with van der Waals surface area (Å²) < 4.78 is 13.3. The molecule has 0 saturated carbocycles. The summed E-state index contributed by atoms with van der Waals surface area (Å²) in [6.45, 7) is 1.81. The second kappa shape index (κ2) is 8.39. The Bertz CT molecular complexity index is 1300. The van der Waals surface area contributed by atoms with Gasteiger partial charge in [0.25, 0.3) is 0 Å². The van der Waals surface area contributed by atoms with Gasteiger partial charge in [-0.3, -0.25) is 9.78 Å². The minimum absolute atomic E-state index is 0.221. The molecular formula is C25H16Cl2FNO. The van der Waals surface area contributed by atoms with E-state index in [1.807, 2.05) is 49.4 Å². The summed E-state index contributed by atoms with van der Waals surface area (Å²) in [6.07, 6.45) is 3.02. The van der Waals surface area contributed by atoms with Gasteiger partial charge in [-0.05, 0) is 60.5 Å². The van der Waals surface area contributed by atoms with Crippen LogP contribution in [0.15, 0.2) is 72.8 Å². The fourth-order valence-electron chi connectivity index (χ4n) is 3.45. The number of benzene rings is 3. The molecule has 0 N–H and O–H groups in total. The second-order valence-corrected chi connectivity index (χ2v) is 7.68. The molecule has 0 unspecified atom stereocenters. The maximum atomic E-state index is 13.3. The largest absolute Gasteiger partial charge is 0.289 e. The molecule has 5 heteroatoms. The van der Waals surface area contributed by atoms with E-state index in [-0.39, 0.29) is 10.8 Å². The number of ketones is 1. The molecule has 4 rings (SSSR count). The third-order valence-electron chi connectivity index (χ3n) is 4.81. The number of fused-ring (bicyclic) bond motifs is 1. The lowest BCUT2D eigenvalue weighted by Gasteiger charge is -2.14. The summed E-state index contributed by atoms with van der Waals surface area (Å²) in [4.78, 5) is 17.9. The van der Waals surface area contributed by atoms with Crippen molar-refractivity contribution in [3.63, 3.8) is 0 Å². The van der Waals surface area contributed by atoms with Crippen LogP contribution in [0.5, 0.6) is 0 Å². The molecule has 1 heterocycles. The molecule has 0 spiro atoms. The first kappa shape index (κ1) is 20.3. The SMILES string of the molecule is Cc1nc2ccc(Cl)cc2c(-c2ccccc2)c1C(=O)/C=C/c1ccc(F)cc1Cl. The number of halogens is 3. The molecule has 148 valence electrons. The van der Waals surface area contributed by atoms with Gasteiger partial charge in [0, 0.05) is 21.7 Å². The van der Waals surface area contributed by atoms with Crippen LogP contribution < -0.4 is 0 Å². The number of aromatic nitrogens is 1. The quantitative estimate of drug-likeness (QED) is 0.244. The van der Waals surface area contributed by atoms with Crippen molar-refractivity contribution in [3.05, 3.63) is 105 Å². The van der Waals surface area contributed by atoms with E-state index in [1.54, 1.807) is 12.1 Å². The van der Waals surface area contributed by atoms with Gasteiger partial charge >= 0.3 is 0 Å². The number of hydrogen-bond acceptors (Lipinski definition) is 2. The Morgan fingerprint density at radius 3 is 2.50 bits per heavy atom. The Balaban J connectivity index is 1.90. The first-order chi connectivity index (χ1) is 14.4. The van der Waals surface area contributed by atoms with Gasteiger partial charge in [-0.2, -0.15) is 0 Å². The van der Waals surface area contributed by atoms with Crippen molar-refractivity contribution in [1.82, 2.24) is 4.98 Å². The van der Waals surface area contributed by atoms with Crippen LogP contribution in [0.2, 0.25) is 10.0 Å². The highest BCUT2D eigenvalue weighted by Crippen LogP contribution is 2.35. The Hall–Kier alpha value is -3.01. The molecule has 0 radical (unpaired) electrons. The van der Waals surface area contributed by atoms with Crippen LogP contribution in [0.3, 0.4) is 0 Å². The predicted octanol–water partition coefficient (Wildman–Crippen LogP) is 7.55. The number of carbonyl (C=O) groups is 1. The minimum atomic E-state index is -0.429. The average Bonchev–Trinajstić information content (AvgIpc) is 2.73. The van der Waals surface area contributed by atoms with E-state index in [1.165, 1.54) is 24.3 Å². The topological polar surface area (TPSA) is 30.0 Å². The molecule has 1 aromatic heterocycles. The zero-order valence-electron chi connectivity index (χ0n) is 16.0. The van der Waals surface area contributed by atoms with E-state index in [4.69, 9.17) is 23.2 Å². The minimum Gasteiger partial charge on any atom is -0.289 e. The summed E-state index contributed by atoms with van der Waals surface area (Å²) in [7, 11) is 0. The van der Waals surface area contributed by atoms with Crippen LogP contribution >= 0.6 is 23.2 Å². The van der Waals surface area contributed by atoms with Gasteiger partial charge in [-0.25, -0.2) is 4.39 Å². The molecule has 0 atom stereocenters. The molecule has 0 aliphatic rings. The lowest BCUT2D eigenvalue weighted by molar-refractivity contribution is 0.104. The molecule has 2 nitrogen and oxygen atoms in total. The summed E-state index contributed by atoms with van der Waals surface area (Å²) in [5.41, 5.74) is 4.10. The van der Waals surface area contributed by atoms with Gasteiger partial charge in [-0.1, -0.05) is 59.6 Å². The summed E-state index contributed by atoms with van der Waals surface area (Å²) in [5, 5.41) is 1.61. The number of allylic oxidation sites excluding steroid dienone is 1. The van der Waals surface area contributed by atoms with Gasteiger partial charge in [0.15, 0.2) is 5.78 Å². The van der Waals surface area contributed by atoms with Crippen LogP contribution in [0.1, 0.15) is 21.6 Å². The maximum Gasteiger partial charge on any atom is 0.188 e. The van der Waals surface area contributed by atoms with Crippen molar-refractivity contribution in [2.75, 3.05) is 0 Å². The molecule has 0 aliphatic carbocycles. The Kier molecular flexibility index (Phi) is 5.67. The van der Waals surface area contributed by atoms with E-state index in [0.29, 0.717) is 21.8 Å². The number of hydrogen-bond donors (Lipinski definition) is 0. The van der Waals surface area contributed by atoms with E-state index in [2.05, 4.69) is 4.98 Å². The van der Waals surface area contributed by atoms with Gasteiger partial charge in [-0.15, -0.1) is 0 Å². The lowest BCUT2D eigenvalue weighted by atomic mass is 9.92. The normalized spacial score (nSPS) is 11.3. The zero-order chi connectivity index (χ0) is 21.3. The third-order valence-corrected chi connectivity index (χ3v) is 5.38. The average molecular weight is 436 g/mol. The Morgan fingerprint density at radius 2 is 1.77 bits per heavy atom. The van der Waals surface area contributed by atoms with Crippen molar-refractivity contribution in [3.8, 4) is 11.1 Å². The lowest BCUT2D eigenvalue weighted by Crippen LogP contribution is -2.05. The van der Waals surface area contributed by atoms with Gasteiger partial charge in [0.2, 0.25) is 0 Å². The van der Waals surface area contributed by atoms with Crippen LogP contribution in [0.4, 0.5) is 4.39 Å². The number of nitrogens with zero attached hydrogens (tertiary/aromatic N) is 1. The first-order valence-electron chi connectivity index (χ1n) is 9.27. The molecule has 30 heavy (non-hydrogen) atoms. The highest BCUT2D eigenvalue weighted by molar-refractivity contribution is 6.32. The van der Waals surface area contributed by atoms with Gasteiger partial charge in [0.05, 0.1) is 16.1 Å². The van der Waals surface area contributed by atoms with Crippen LogP contribution in [0.25, 0.3) is 28.1 Å². The van der Waals surface area contributed by atoms with Crippen molar-refractivity contribution in [1.29, 1.82) is 0 Å². The molecule has 0 amide bonds. The molecule has 0 fully saturated rings. The molecule has 3 aromatic carbocycles. The monoisotopic (exact) mass is 435 g/mol. The number of rotatable bonds is 4. The van der Waals surface area contributed by atoms with Crippen LogP contribution in [-0.2, 0) is 0 Å². The van der Waals surface area contributed by atoms with Crippen LogP contribution in [-0.4, -0.2) is 10.8 Å². The van der Waals surface area contributed by atoms with E-state index in [9.17, 15) is 9.18 Å². The van der Waals surface area contributed by atoms with Gasteiger partial charge < -0.3 is 0 Å². The van der Waals surface area contributed by atoms with Crippen molar-refractivity contribution < 1.29 is 9.18 Å². The van der Waals surface area contributed by atoms with E-state index >= 15 is 0 Å². The van der Waals surface area contributed by atoms with E-state index in [0.717, 1.165) is 22.0 Å². The maximum absolute atomic E-state index is 13.3. The second-order valence-electron chi connectivity index (χ2n) is 6.84. The van der Waals surface area contributed by atoms with Gasteiger partial charge in [0.1, 0.15) is 5.82 Å². The predicted molar refractivity (Wildman–Crippen MR) is 122 cm³/mol. The fourth-order valence-corrected chi connectivity index (χ4v) is 3.85. The molecule has 0 aliphatic heterocycles. The molecular weight excluding hydrogens is 420 g/mol. The molecule has 4 aromatic rings. The number of aryl methyl sites for hydroxylation is 1. The highest BCUT2D eigenvalue weighted by Gasteiger charge is 2.19. The fraction of sp³-hybridized carbons (Fsp3) is 0.0400. The summed E-state index contributed by atoms with van der Waals surface area (Å²) in [5.74, 6) is -0.651. The third kappa shape index (κ3) is 4.00. The molecule has 0 bridgehead atoms. The number of carbonyl (C=O) groups excluding carboxylic acids is 1. The summed E-state index contributed by atoms with van der Waals surface area (Å²) in [6, 6.07) is 19.2. The summed E-state index contributed by atoms with van der Waals surface area (Å²) >= 11 is 12.3. The smallest absolute Gasteiger partial charge is 0.188 e. The van der Waals surface area contributed by atoms with Crippen molar-refractivity contribution in [2.24, 2.45) is 0 Å².